The molecule has 0 bridgehead atoms. The molecule has 7 atom stereocenters. The zero-order chi connectivity index (χ0) is 42.4. The van der Waals surface area contributed by atoms with Gasteiger partial charge in [0.15, 0.2) is 28.5 Å². The fourth-order valence-electron chi connectivity index (χ4n) is 9.23. The first-order chi connectivity index (χ1) is 26.7. The van der Waals surface area contributed by atoms with E-state index in [1.54, 1.807) is 39.8 Å². The summed E-state index contributed by atoms with van der Waals surface area (Å²) in [6, 6.07) is 4.10. The van der Waals surface area contributed by atoms with Crippen molar-refractivity contribution in [3.63, 3.8) is 0 Å². The molecule has 5 rings (SSSR count). The Balaban J connectivity index is 1.95. The number of nitriles is 2. The molecule has 1 aromatic carbocycles. The molecule has 2 fully saturated rings. The van der Waals surface area contributed by atoms with Crippen LogP contribution in [-0.4, -0.2) is 58.9 Å². The summed E-state index contributed by atoms with van der Waals surface area (Å²) in [5.74, 6) is -8.46. The molecule has 12 heteroatoms. The standard InChI is InChI=1S/C45H53ClN2O9/c1-24(2)13-12-18-43(10)19-17-31-37(55-43)30(15-14-25(3)4)39-34(38(31)54-32(49)21-46)36(50)35-33(29(22-47)23-48)27(6)40(51)44(20-16-26(5)41(52)53-11)45(35,56-39)28(7)42(8,9)57-44/h13-14,16-17,19,27-29,33,35H,12,15,18,20-21H2,1-11H3/b26-16-. The molecule has 1 aromatic rings. The van der Waals surface area contributed by atoms with E-state index in [4.69, 9.17) is 35.3 Å². The maximum Gasteiger partial charge on any atom is 0.333 e. The molecule has 0 radical (unpaired) electrons. The Hall–Kier alpha value is -4.71. The third kappa shape index (κ3) is 7.12. The van der Waals surface area contributed by atoms with Crippen molar-refractivity contribution in [3.8, 4) is 29.4 Å². The van der Waals surface area contributed by atoms with Crippen molar-refractivity contribution in [3.05, 3.63) is 57.7 Å². The Morgan fingerprint density at radius 1 is 0.982 bits per heavy atom. The number of fused-ring (bicyclic) bond motifs is 2. The van der Waals surface area contributed by atoms with Gasteiger partial charge in [-0.1, -0.05) is 43.2 Å². The Morgan fingerprint density at radius 3 is 2.21 bits per heavy atom. The molecule has 11 nitrogen and oxygen atoms in total. The fourth-order valence-corrected chi connectivity index (χ4v) is 9.28. The van der Waals surface area contributed by atoms with Gasteiger partial charge in [0.2, 0.25) is 0 Å². The van der Waals surface area contributed by atoms with Crippen LogP contribution in [0.25, 0.3) is 6.08 Å². The maximum atomic E-state index is 15.9. The predicted molar refractivity (Wildman–Crippen MR) is 214 cm³/mol. The summed E-state index contributed by atoms with van der Waals surface area (Å²) in [5, 5.41) is 20.8. The molecule has 0 N–H and O–H groups in total. The van der Waals surface area contributed by atoms with Gasteiger partial charge in [-0.05, 0) is 86.8 Å². The molecular weight excluding hydrogens is 748 g/mol. The predicted octanol–water partition coefficient (Wildman–Crippen LogP) is 8.37. The zero-order valence-corrected chi connectivity index (χ0v) is 35.5. The van der Waals surface area contributed by atoms with Crippen molar-refractivity contribution in [1.82, 2.24) is 0 Å². The lowest BCUT2D eigenvalue weighted by Crippen LogP contribution is -2.75. The van der Waals surface area contributed by atoms with Crippen LogP contribution in [0.4, 0.5) is 0 Å². The SMILES string of the molecule is COC(=O)/C(C)=C\CC12OC(C)(C)C(C)C13Oc1c(CC=C(C)C)c4c(c(OC(=O)CCl)c1C(=O)C3C(C(C#N)C#N)C(C)C2=O)C=CC(C)(CCC=C(C)C)O4. The summed E-state index contributed by atoms with van der Waals surface area (Å²) >= 11 is 6.01. The number of methoxy groups -OCH3 is 1. The number of ketones is 2. The van der Waals surface area contributed by atoms with Gasteiger partial charge in [-0.15, -0.1) is 11.6 Å². The summed E-state index contributed by atoms with van der Waals surface area (Å²) in [4.78, 5) is 57.0. The van der Waals surface area contributed by atoms with Crippen molar-refractivity contribution in [2.75, 3.05) is 13.0 Å². The minimum Gasteiger partial charge on any atom is -0.482 e. The van der Waals surface area contributed by atoms with E-state index in [1.165, 1.54) is 7.11 Å². The van der Waals surface area contributed by atoms with Crippen molar-refractivity contribution in [2.24, 2.45) is 29.6 Å². The van der Waals surface area contributed by atoms with Gasteiger partial charge in [0.05, 0.1) is 36.3 Å². The van der Waals surface area contributed by atoms with E-state index in [1.807, 2.05) is 65.8 Å². The molecule has 7 unspecified atom stereocenters. The monoisotopic (exact) mass is 800 g/mol. The minimum absolute atomic E-state index is 0.0459. The number of alkyl halides is 1. The number of nitrogens with zero attached hydrogens (tertiary/aromatic N) is 2. The van der Waals surface area contributed by atoms with Gasteiger partial charge in [0.1, 0.15) is 34.5 Å². The fraction of sp³-hybridized carbons (Fsp3) is 0.556. The average Bonchev–Trinajstić information content (AvgIpc) is 3.32. The second-order valence-corrected chi connectivity index (χ2v) is 17.2. The highest BCUT2D eigenvalue weighted by molar-refractivity contribution is 6.26. The zero-order valence-electron chi connectivity index (χ0n) is 34.8. The van der Waals surface area contributed by atoms with E-state index in [0.717, 1.165) is 11.1 Å². The summed E-state index contributed by atoms with van der Waals surface area (Å²) in [5.41, 5.74) is -2.59. The van der Waals surface area contributed by atoms with Crippen LogP contribution in [0.2, 0.25) is 0 Å². The van der Waals surface area contributed by atoms with Crippen LogP contribution < -0.4 is 14.2 Å². The smallest absolute Gasteiger partial charge is 0.333 e. The number of hydrogen-bond donors (Lipinski definition) is 0. The second-order valence-electron chi connectivity index (χ2n) is 17.0. The van der Waals surface area contributed by atoms with Crippen LogP contribution in [0.3, 0.4) is 0 Å². The molecule has 1 aliphatic carbocycles. The highest BCUT2D eigenvalue weighted by Gasteiger charge is 2.81. The van der Waals surface area contributed by atoms with E-state index in [2.05, 4.69) is 6.08 Å². The summed E-state index contributed by atoms with van der Waals surface area (Å²) in [7, 11) is 1.25. The van der Waals surface area contributed by atoms with Gasteiger partial charge in [-0.3, -0.25) is 14.4 Å². The Kier molecular flexibility index (Phi) is 12.1. The molecule has 1 saturated carbocycles. The van der Waals surface area contributed by atoms with Gasteiger partial charge < -0.3 is 23.7 Å². The molecule has 4 aliphatic rings. The Morgan fingerprint density at radius 2 is 1.63 bits per heavy atom. The summed E-state index contributed by atoms with van der Waals surface area (Å²) in [6.45, 7) is 18.5. The van der Waals surface area contributed by atoms with E-state index < -0.39 is 81.4 Å². The van der Waals surface area contributed by atoms with Crippen LogP contribution in [0.15, 0.2) is 41.0 Å². The van der Waals surface area contributed by atoms with Gasteiger partial charge in [0.25, 0.3) is 0 Å². The second kappa shape index (κ2) is 15.9. The number of hydrogen-bond acceptors (Lipinski definition) is 11. The number of allylic oxidation sites excluding steroid dienone is 4. The number of rotatable bonds is 11. The normalized spacial score (nSPS) is 29.3. The molecule has 1 saturated heterocycles. The number of halogens is 1. The molecule has 304 valence electrons. The lowest BCUT2D eigenvalue weighted by molar-refractivity contribution is -0.199. The third-order valence-electron chi connectivity index (χ3n) is 12.3. The maximum absolute atomic E-state index is 15.9. The van der Waals surface area contributed by atoms with Gasteiger partial charge in [-0.25, -0.2) is 4.79 Å². The number of Topliss-reactive ketones (excluding diaryl/α,β-unsaturated/α-hetero) is 2. The molecule has 0 amide bonds. The molecular formula is C45H53ClN2O9. The van der Waals surface area contributed by atoms with Crippen LogP contribution in [-0.2, 0) is 30.3 Å². The highest BCUT2D eigenvalue weighted by atomic mass is 35.5. The molecule has 1 spiro atoms. The molecule has 57 heavy (non-hydrogen) atoms. The summed E-state index contributed by atoms with van der Waals surface area (Å²) < 4.78 is 32.2. The lowest BCUT2D eigenvalue weighted by atomic mass is 9.48. The van der Waals surface area contributed by atoms with E-state index >= 15 is 9.59 Å². The van der Waals surface area contributed by atoms with Gasteiger partial charge >= 0.3 is 11.9 Å². The first-order valence-electron chi connectivity index (χ1n) is 19.4. The van der Waals surface area contributed by atoms with E-state index in [9.17, 15) is 20.1 Å². The van der Waals surface area contributed by atoms with Crippen molar-refractivity contribution < 1.29 is 42.9 Å². The number of carbonyl (C=O) groups excluding carboxylic acids is 4. The van der Waals surface area contributed by atoms with Crippen LogP contribution in [0, 0.1) is 52.3 Å². The highest BCUT2D eigenvalue weighted by Crippen LogP contribution is 2.67. The van der Waals surface area contributed by atoms with Crippen LogP contribution >= 0.6 is 11.6 Å². The summed E-state index contributed by atoms with van der Waals surface area (Å²) in [6.07, 6.45) is 10.6. The van der Waals surface area contributed by atoms with Crippen molar-refractivity contribution >= 4 is 41.2 Å². The first kappa shape index (κ1) is 43.4. The van der Waals surface area contributed by atoms with Crippen LogP contribution in [0.1, 0.15) is 110 Å². The quantitative estimate of drug-likeness (QED) is 0.0695. The number of carbonyl (C=O) groups is 4. The third-order valence-corrected chi connectivity index (χ3v) is 12.5. The van der Waals surface area contributed by atoms with Gasteiger partial charge in [-0.2, -0.15) is 10.5 Å². The van der Waals surface area contributed by atoms with Crippen molar-refractivity contribution in [1.29, 1.82) is 10.5 Å². The lowest BCUT2D eigenvalue weighted by Gasteiger charge is -2.58. The minimum atomic E-state index is -1.90. The van der Waals surface area contributed by atoms with E-state index in [0.29, 0.717) is 29.7 Å². The van der Waals surface area contributed by atoms with Crippen molar-refractivity contribution in [2.45, 2.75) is 117 Å². The Bertz CT molecular complexity index is 2080. The number of esters is 2. The van der Waals surface area contributed by atoms with Gasteiger partial charge in [0, 0.05) is 35.3 Å². The topological polar surface area (TPSA) is 162 Å². The Labute approximate surface area is 340 Å². The average molecular weight is 801 g/mol. The first-order valence-corrected chi connectivity index (χ1v) is 19.9. The number of ether oxygens (including phenoxy) is 5. The molecule has 0 aromatic heterocycles. The van der Waals surface area contributed by atoms with Crippen LogP contribution in [0.5, 0.6) is 17.2 Å². The molecule has 3 aliphatic heterocycles. The van der Waals surface area contributed by atoms with E-state index in [-0.39, 0.29) is 35.5 Å². The largest absolute Gasteiger partial charge is 0.482 e. The number of benzene rings is 1. The molecule has 3 heterocycles.